The number of anilines is 1. The number of hydrogen-bond acceptors (Lipinski definition) is 2. The first-order chi connectivity index (χ1) is 7.99. The molecule has 0 aromatic heterocycles. The Morgan fingerprint density at radius 3 is 2.29 bits per heavy atom. The van der Waals surface area contributed by atoms with Crippen molar-refractivity contribution in [3.63, 3.8) is 0 Å². The predicted octanol–water partition coefficient (Wildman–Crippen LogP) is 2.87. The largest absolute Gasteiger partial charge is 0.326 e. The van der Waals surface area contributed by atoms with E-state index in [0.717, 1.165) is 0 Å². The minimum absolute atomic E-state index is 0.0689. The highest BCUT2D eigenvalue weighted by molar-refractivity contribution is 5.95. The van der Waals surface area contributed by atoms with Crippen LogP contribution in [0.5, 0.6) is 0 Å². The maximum Gasteiger partial charge on any atom is 0.239 e. The van der Waals surface area contributed by atoms with Gasteiger partial charge in [-0.05, 0) is 31.2 Å². The number of amides is 1. The summed E-state index contributed by atoms with van der Waals surface area (Å²) >= 11 is 0. The Morgan fingerprint density at radius 2 is 1.82 bits per heavy atom. The molecule has 0 atom stereocenters. The summed E-state index contributed by atoms with van der Waals surface area (Å²) in [5, 5.41) is 2.48. The molecule has 3 nitrogen and oxygen atoms in total. The van der Waals surface area contributed by atoms with E-state index in [-0.39, 0.29) is 12.2 Å². The van der Waals surface area contributed by atoms with Gasteiger partial charge in [0.1, 0.15) is 0 Å². The summed E-state index contributed by atoms with van der Waals surface area (Å²) in [5.41, 5.74) is 1.03. The van der Waals surface area contributed by atoms with Crippen LogP contribution in [-0.4, -0.2) is 18.1 Å². The smallest absolute Gasteiger partial charge is 0.239 e. The molecule has 0 bridgehead atoms. The lowest BCUT2D eigenvalue weighted by molar-refractivity contribution is -0.116. The molecular formula is C12H13F2NO2. The molecule has 92 valence electrons. The molecule has 0 saturated heterocycles. The zero-order chi connectivity index (χ0) is 12.8. The Morgan fingerprint density at radius 1 is 1.24 bits per heavy atom. The lowest BCUT2D eigenvalue weighted by Gasteiger charge is -2.05. The maximum absolute atomic E-state index is 11.9. The summed E-state index contributed by atoms with van der Waals surface area (Å²) in [5.74, 6) is -0.526. The number of halogens is 2. The van der Waals surface area contributed by atoms with Gasteiger partial charge in [0.25, 0.3) is 0 Å². The molecule has 0 unspecified atom stereocenters. The molecule has 0 heterocycles. The monoisotopic (exact) mass is 241 g/mol. The van der Waals surface area contributed by atoms with Crippen LogP contribution in [0.15, 0.2) is 24.3 Å². The quantitative estimate of drug-likeness (QED) is 0.806. The number of carbonyl (C=O) groups excluding carboxylic acids is 2. The van der Waals surface area contributed by atoms with E-state index in [1.165, 1.54) is 6.92 Å². The summed E-state index contributed by atoms with van der Waals surface area (Å²) in [6.07, 6.45) is -3.13. The molecule has 0 radical (unpaired) electrons. The van der Waals surface area contributed by atoms with Crippen molar-refractivity contribution in [2.24, 2.45) is 0 Å². The van der Waals surface area contributed by atoms with Gasteiger partial charge in [0.15, 0.2) is 5.78 Å². The fraction of sp³-hybridized carbons (Fsp3) is 0.333. The van der Waals surface area contributed by atoms with E-state index in [2.05, 4.69) is 5.32 Å². The zero-order valence-electron chi connectivity index (χ0n) is 9.37. The summed E-state index contributed by atoms with van der Waals surface area (Å²) in [6, 6.07) is 6.28. The average molecular weight is 241 g/mol. The fourth-order valence-electron chi connectivity index (χ4n) is 1.25. The fourth-order valence-corrected chi connectivity index (χ4v) is 1.25. The normalized spacial score (nSPS) is 10.4. The van der Waals surface area contributed by atoms with Crippen LogP contribution in [0, 0.1) is 0 Å². The van der Waals surface area contributed by atoms with Crippen molar-refractivity contribution in [1.82, 2.24) is 0 Å². The van der Waals surface area contributed by atoms with E-state index in [0.29, 0.717) is 11.3 Å². The van der Waals surface area contributed by atoms with E-state index < -0.39 is 18.8 Å². The molecule has 0 spiro atoms. The molecule has 0 fully saturated rings. The van der Waals surface area contributed by atoms with Crippen molar-refractivity contribution in [2.45, 2.75) is 26.2 Å². The second-order valence-corrected chi connectivity index (χ2v) is 3.61. The Labute approximate surface area is 97.8 Å². The minimum atomic E-state index is -2.47. The van der Waals surface area contributed by atoms with Crippen molar-refractivity contribution < 1.29 is 18.4 Å². The van der Waals surface area contributed by atoms with Crippen LogP contribution in [0.25, 0.3) is 0 Å². The number of hydrogen-bond donors (Lipinski definition) is 1. The molecule has 1 N–H and O–H groups in total. The van der Waals surface area contributed by atoms with E-state index >= 15 is 0 Å². The Hall–Kier alpha value is -1.78. The van der Waals surface area contributed by atoms with Gasteiger partial charge in [0, 0.05) is 24.1 Å². The third kappa shape index (κ3) is 4.72. The first kappa shape index (κ1) is 13.3. The molecule has 0 aliphatic heterocycles. The summed E-state index contributed by atoms with van der Waals surface area (Å²) in [6.45, 7) is 1.44. The standard InChI is InChI=1S/C12H13F2NO2/c1-8(16)9-2-4-10(5-3-9)15-12(17)7-6-11(13)14/h2-5,11H,6-7H2,1H3,(H,15,17). The topological polar surface area (TPSA) is 46.2 Å². The number of rotatable bonds is 5. The van der Waals surface area contributed by atoms with Crippen molar-refractivity contribution >= 4 is 17.4 Å². The predicted molar refractivity (Wildman–Crippen MR) is 60.3 cm³/mol. The van der Waals surface area contributed by atoms with Crippen molar-refractivity contribution in [2.75, 3.05) is 5.32 Å². The van der Waals surface area contributed by atoms with Crippen molar-refractivity contribution in [3.8, 4) is 0 Å². The molecular weight excluding hydrogens is 228 g/mol. The van der Waals surface area contributed by atoms with Gasteiger partial charge in [-0.1, -0.05) is 0 Å². The molecule has 17 heavy (non-hydrogen) atoms. The third-order valence-electron chi connectivity index (χ3n) is 2.16. The second-order valence-electron chi connectivity index (χ2n) is 3.61. The molecule has 1 aromatic rings. The van der Waals surface area contributed by atoms with Gasteiger partial charge in [0.2, 0.25) is 12.3 Å². The Bertz CT molecular complexity index is 401. The zero-order valence-corrected chi connectivity index (χ0v) is 9.37. The number of benzene rings is 1. The van der Waals surface area contributed by atoms with E-state index in [9.17, 15) is 18.4 Å². The van der Waals surface area contributed by atoms with Crippen molar-refractivity contribution in [1.29, 1.82) is 0 Å². The first-order valence-electron chi connectivity index (χ1n) is 5.18. The van der Waals surface area contributed by atoms with E-state index in [1.54, 1.807) is 24.3 Å². The minimum Gasteiger partial charge on any atom is -0.326 e. The second kappa shape index (κ2) is 6.08. The molecule has 1 rings (SSSR count). The van der Waals surface area contributed by atoms with Gasteiger partial charge in [0.05, 0.1) is 0 Å². The Balaban J connectivity index is 2.51. The molecule has 1 amide bonds. The van der Waals surface area contributed by atoms with Crippen LogP contribution in [0.3, 0.4) is 0 Å². The maximum atomic E-state index is 11.9. The van der Waals surface area contributed by atoms with Gasteiger partial charge < -0.3 is 5.32 Å². The van der Waals surface area contributed by atoms with Crippen LogP contribution in [0.2, 0.25) is 0 Å². The molecule has 0 saturated carbocycles. The van der Waals surface area contributed by atoms with Crippen LogP contribution in [0.4, 0.5) is 14.5 Å². The number of ketones is 1. The van der Waals surface area contributed by atoms with Crippen LogP contribution in [0.1, 0.15) is 30.1 Å². The van der Waals surface area contributed by atoms with E-state index in [1.807, 2.05) is 0 Å². The van der Waals surface area contributed by atoms with E-state index in [4.69, 9.17) is 0 Å². The van der Waals surface area contributed by atoms with Gasteiger partial charge in [-0.2, -0.15) is 0 Å². The lowest BCUT2D eigenvalue weighted by Crippen LogP contribution is -2.12. The average Bonchev–Trinajstić information content (AvgIpc) is 2.27. The van der Waals surface area contributed by atoms with Gasteiger partial charge in [-0.15, -0.1) is 0 Å². The summed E-state index contributed by atoms with van der Waals surface area (Å²) in [7, 11) is 0. The molecule has 0 aliphatic rings. The van der Waals surface area contributed by atoms with Gasteiger partial charge in [-0.25, -0.2) is 8.78 Å². The summed E-state index contributed by atoms with van der Waals surface area (Å²) in [4.78, 5) is 22.2. The highest BCUT2D eigenvalue weighted by Gasteiger charge is 2.08. The number of Topliss-reactive ketones (excluding diaryl/α,β-unsaturated/α-hetero) is 1. The first-order valence-corrected chi connectivity index (χ1v) is 5.18. The van der Waals surface area contributed by atoms with Crippen molar-refractivity contribution in [3.05, 3.63) is 29.8 Å². The van der Waals surface area contributed by atoms with Crippen LogP contribution < -0.4 is 5.32 Å². The third-order valence-corrected chi connectivity index (χ3v) is 2.16. The van der Waals surface area contributed by atoms with Gasteiger partial charge in [-0.3, -0.25) is 9.59 Å². The Kier molecular flexibility index (Phi) is 4.75. The number of nitrogens with one attached hydrogen (secondary N) is 1. The van der Waals surface area contributed by atoms with Gasteiger partial charge >= 0.3 is 0 Å². The SMILES string of the molecule is CC(=O)c1ccc(NC(=O)CCC(F)F)cc1. The molecule has 0 aliphatic carbocycles. The van der Waals surface area contributed by atoms with Crippen LogP contribution >= 0.6 is 0 Å². The lowest BCUT2D eigenvalue weighted by atomic mass is 10.1. The number of alkyl halides is 2. The summed E-state index contributed by atoms with van der Waals surface area (Å²) < 4.78 is 23.7. The number of carbonyl (C=O) groups is 2. The van der Waals surface area contributed by atoms with Crippen LogP contribution in [-0.2, 0) is 4.79 Å². The molecule has 1 aromatic carbocycles. The highest BCUT2D eigenvalue weighted by Crippen LogP contribution is 2.11. The highest BCUT2D eigenvalue weighted by atomic mass is 19.3. The molecule has 5 heteroatoms.